The molecule has 3 atom stereocenters. The number of amides is 3. The predicted molar refractivity (Wildman–Crippen MR) is 119 cm³/mol. The Morgan fingerprint density at radius 3 is 2.71 bits per heavy atom. The number of hydrogen-bond acceptors (Lipinski definition) is 5. The van der Waals surface area contributed by atoms with Crippen molar-refractivity contribution >= 4 is 35.0 Å². The van der Waals surface area contributed by atoms with Gasteiger partial charge in [0.1, 0.15) is 6.04 Å². The number of aromatic amines is 1. The van der Waals surface area contributed by atoms with E-state index in [1.165, 1.54) is 0 Å². The zero-order valence-corrected chi connectivity index (χ0v) is 18.1. The number of rotatable bonds is 9. The van der Waals surface area contributed by atoms with Crippen LogP contribution in [0.1, 0.15) is 43.7 Å². The van der Waals surface area contributed by atoms with Crippen LogP contribution in [0.4, 0.5) is 0 Å². The molecule has 3 amide bonds. The number of H-pyrrole nitrogens is 1. The van der Waals surface area contributed by atoms with Gasteiger partial charge >= 0.3 is 0 Å². The summed E-state index contributed by atoms with van der Waals surface area (Å²) in [7, 11) is 1.63. The number of hydrogen-bond donors (Lipinski definition) is 4. The SMILES string of the molecule is C/N=C/C(CC1CCNC1=O)NC(=O)C(CC(C)C)NC(=O)c1nc2ccccc2[nH]1. The lowest BCUT2D eigenvalue weighted by Crippen LogP contribution is -2.51. The monoisotopic (exact) mass is 426 g/mol. The minimum atomic E-state index is -0.731. The molecule has 2 heterocycles. The minimum absolute atomic E-state index is 0.000621. The highest BCUT2D eigenvalue weighted by atomic mass is 16.2. The Hall–Kier alpha value is -3.23. The van der Waals surface area contributed by atoms with Gasteiger partial charge in [0.2, 0.25) is 11.8 Å². The molecule has 9 heteroatoms. The number of fused-ring (bicyclic) bond motifs is 1. The van der Waals surface area contributed by atoms with Gasteiger partial charge < -0.3 is 20.9 Å². The first-order chi connectivity index (χ1) is 14.9. The van der Waals surface area contributed by atoms with Gasteiger partial charge in [0.15, 0.2) is 5.82 Å². The summed E-state index contributed by atoms with van der Waals surface area (Å²) in [5.74, 6) is -0.547. The molecular weight excluding hydrogens is 396 g/mol. The number of imidazole rings is 1. The van der Waals surface area contributed by atoms with Crippen molar-refractivity contribution in [2.24, 2.45) is 16.8 Å². The molecule has 31 heavy (non-hydrogen) atoms. The molecule has 4 N–H and O–H groups in total. The van der Waals surface area contributed by atoms with Crippen molar-refractivity contribution in [2.75, 3.05) is 13.6 Å². The second kappa shape index (κ2) is 10.2. The number of aromatic nitrogens is 2. The van der Waals surface area contributed by atoms with Crippen molar-refractivity contribution in [3.05, 3.63) is 30.1 Å². The third-order valence-electron chi connectivity index (χ3n) is 5.29. The van der Waals surface area contributed by atoms with E-state index in [4.69, 9.17) is 0 Å². The Kier molecular flexibility index (Phi) is 7.38. The average molecular weight is 427 g/mol. The van der Waals surface area contributed by atoms with E-state index in [0.717, 1.165) is 11.9 Å². The van der Waals surface area contributed by atoms with Gasteiger partial charge in [-0.05, 0) is 37.3 Å². The Morgan fingerprint density at radius 2 is 2.06 bits per heavy atom. The molecule has 9 nitrogen and oxygen atoms in total. The molecule has 0 aliphatic carbocycles. The van der Waals surface area contributed by atoms with Crippen LogP contribution in [0.25, 0.3) is 11.0 Å². The van der Waals surface area contributed by atoms with Gasteiger partial charge in [-0.1, -0.05) is 26.0 Å². The molecule has 3 unspecified atom stereocenters. The maximum atomic E-state index is 13.0. The molecule has 166 valence electrons. The van der Waals surface area contributed by atoms with Crippen LogP contribution in [0.15, 0.2) is 29.3 Å². The number of carbonyl (C=O) groups is 3. The summed E-state index contributed by atoms with van der Waals surface area (Å²) in [4.78, 5) is 49.1. The molecule has 0 bridgehead atoms. The Morgan fingerprint density at radius 1 is 1.29 bits per heavy atom. The lowest BCUT2D eigenvalue weighted by molar-refractivity contribution is -0.125. The minimum Gasteiger partial charge on any atom is -0.356 e. The summed E-state index contributed by atoms with van der Waals surface area (Å²) in [6.45, 7) is 4.62. The molecule has 0 saturated carbocycles. The van der Waals surface area contributed by atoms with Crippen LogP contribution >= 0.6 is 0 Å². The van der Waals surface area contributed by atoms with Gasteiger partial charge in [-0.25, -0.2) is 4.98 Å². The predicted octanol–water partition coefficient (Wildman–Crippen LogP) is 1.42. The molecule has 2 aromatic rings. The van der Waals surface area contributed by atoms with Gasteiger partial charge in [0.05, 0.1) is 17.1 Å². The van der Waals surface area contributed by atoms with Gasteiger partial charge in [-0.2, -0.15) is 0 Å². The van der Waals surface area contributed by atoms with Crippen molar-refractivity contribution < 1.29 is 14.4 Å². The van der Waals surface area contributed by atoms with E-state index in [1.54, 1.807) is 13.3 Å². The van der Waals surface area contributed by atoms with Crippen LogP contribution in [0, 0.1) is 11.8 Å². The Bertz CT molecular complexity index is 934. The van der Waals surface area contributed by atoms with Crippen molar-refractivity contribution in [3.63, 3.8) is 0 Å². The third-order valence-corrected chi connectivity index (χ3v) is 5.29. The van der Waals surface area contributed by atoms with Crippen molar-refractivity contribution in [3.8, 4) is 0 Å². The maximum Gasteiger partial charge on any atom is 0.287 e. The van der Waals surface area contributed by atoms with Crippen LogP contribution in [0.3, 0.4) is 0 Å². The summed E-state index contributed by atoms with van der Waals surface area (Å²) in [6.07, 6.45) is 3.32. The molecule has 3 rings (SSSR count). The number of aliphatic imine (C=N–C) groups is 1. The molecule has 1 saturated heterocycles. The highest BCUT2D eigenvalue weighted by molar-refractivity contribution is 5.97. The highest BCUT2D eigenvalue weighted by Gasteiger charge is 2.30. The molecule has 1 aliphatic heterocycles. The maximum absolute atomic E-state index is 13.0. The number of para-hydroxylation sites is 2. The first-order valence-corrected chi connectivity index (χ1v) is 10.6. The van der Waals surface area contributed by atoms with E-state index in [2.05, 4.69) is 30.9 Å². The average Bonchev–Trinajstić information content (AvgIpc) is 3.33. The Labute approximate surface area is 181 Å². The van der Waals surface area contributed by atoms with Crippen molar-refractivity contribution in [2.45, 2.75) is 45.2 Å². The topological polar surface area (TPSA) is 128 Å². The van der Waals surface area contributed by atoms with E-state index in [1.807, 2.05) is 38.1 Å². The van der Waals surface area contributed by atoms with E-state index >= 15 is 0 Å². The smallest absolute Gasteiger partial charge is 0.287 e. The molecule has 1 aromatic carbocycles. The standard InChI is InChI=1S/C22H30N6O3/c1-13(2)10-18(28-22(31)19-26-16-6-4-5-7-17(16)27-19)21(30)25-15(12-23-3)11-14-8-9-24-20(14)29/h4-7,12-15,18H,8-11H2,1-3H3,(H,24,29)(H,25,30)(H,26,27)(H,28,31)/b23-12+. The lowest BCUT2D eigenvalue weighted by Gasteiger charge is -2.23. The number of nitrogens with one attached hydrogen (secondary N) is 4. The van der Waals surface area contributed by atoms with E-state index in [-0.39, 0.29) is 35.5 Å². The van der Waals surface area contributed by atoms with Crippen molar-refractivity contribution in [1.82, 2.24) is 25.9 Å². The fraction of sp³-hybridized carbons (Fsp3) is 0.500. The van der Waals surface area contributed by atoms with Gasteiger partial charge in [-0.15, -0.1) is 0 Å². The zero-order chi connectivity index (χ0) is 22.4. The van der Waals surface area contributed by atoms with Crippen LogP contribution in [0.2, 0.25) is 0 Å². The zero-order valence-electron chi connectivity index (χ0n) is 18.1. The fourth-order valence-corrected chi connectivity index (χ4v) is 3.79. The molecular formula is C22H30N6O3. The second-order valence-corrected chi connectivity index (χ2v) is 8.29. The fourth-order valence-electron chi connectivity index (χ4n) is 3.79. The molecule has 0 radical (unpaired) electrons. The highest BCUT2D eigenvalue weighted by Crippen LogP contribution is 2.16. The van der Waals surface area contributed by atoms with Gasteiger partial charge in [-0.3, -0.25) is 19.4 Å². The number of benzene rings is 1. The second-order valence-electron chi connectivity index (χ2n) is 8.29. The Balaban J connectivity index is 1.69. The first kappa shape index (κ1) is 22.5. The molecule has 1 aliphatic rings. The van der Waals surface area contributed by atoms with Crippen LogP contribution in [-0.2, 0) is 9.59 Å². The largest absolute Gasteiger partial charge is 0.356 e. The summed E-state index contributed by atoms with van der Waals surface area (Å²) in [5, 5.41) is 8.56. The summed E-state index contributed by atoms with van der Waals surface area (Å²) >= 11 is 0. The van der Waals surface area contributed by atoms with E-state index in [9.17, 15) is 14.4 Å². The van der Waals surface area contributed by atoms with E-state index < -0.39 is 11.9 Å². The summed E-state index contributed by atoms with van der Waals surface area (Å²) < 4.78 is 0. The molecule has 0 spiro atoms. The molecule has 1 aromatic heterocycles. The summed E-state index contributed by atoms with van der Waals surface area (Å²) in [6, 6.07) is 6.24. The van der Waals surface area contributed by atoms with E-state index in [0.29, 0.717) is 24.9 Å². The van der Waals surface area contributed by atoms with Crippen LogP contribution < -0.4 is 16.0 Å². The quantitative estimate of drug-likeness (QED) is 0.452. The van der Waals surface area contributed by atoms with Crippen LogP contribution in [-0.4, -0.2) is 59.6 Å². The number of nitrogens with zero attached hydrogens (tertiary/aromatic N) is 2. The number of carbonyl (C=O) groups excluding carboxylic acids is 3. The molecule has 1 fully saturated rings. The summed E-state index contributed by atoms with van der Waals surface area (Å²) in [5.41, 5.74) is 1.44. The van der Waals surface area contributed by atoms with Crippen LogP contribution in [0.5, 0.6) is 0 Å². The van der Waals surface area contributed by atoms with Gasteiger partial charge in [0.25, 0.3) is 5.91 Å². The van der Waals surface area contributed by atoms with Crippen molar-refractivity contribution in [1.29, 1.82) is 0 Å². The lowest BCUT2D eigenvalue weighted by atomic mass is 9.97. The third kappa shape index (κ3) is 5.90. The van der Waals surface area contributed by atoms with Gasteiger partial charge in [0, 0.05) is 25.7 Å². The normalized spacial score (nSPS) is 18.3. The first-order valence-electron chi connectivity index (χ1n) is 10.6.